The van der Waals surface area contributed by atoms with Gasteiger partial charge in [0, 0.05) is 30.0 Å². The third-order valence-corrected chi connectivity index (χ3v) is 10.7. The van der Waals surface area contributed by atoms with Gasteiger partial charge in [0.25, 0.3) is 0 Å². The van der Waals surface area contributed by atoms with Crippen LogP contribution < -0.4 is 14.8 Å². The standard InChI is InChI=1S/C20H31NO2.C12H16ClNO.C8H15BrO.ClH/c1-20(23-19-10-6-3-7-11-19)12-14-21(15-13-20)16-17-22-18-8-4-2-5-9-18;1-12(6-8-14-9-7-12)15-11-4-2-10(13)3-5-11;9-6-7-10-8-4-2-1-3-5-8;/h3,6-7,10-11,18H,2,4-5,8-9,12-17H2,1H3;2-5,14H,6-9H2,1H3;8H,1-7H2;1H. The molecular formula is C40H63BrCl2N2O4. The van der Waals surface area contributed by atoms with Crippen LogP contribution in [0.1, 0.15) is 104 Å². The molecule has 6 rings (SSSR count). The zero-order valence-electron chi connectivity index (χ0n) is 30.2. The molecule has 2 saturated carbocycles. The average Bonchev–Trinajstić information content (AvgIpc) is 3.11. The third-order valence-electron chi connectivity index (χ3n) is 10.2. The Balaban J connectivity index is 0.000000215. The predicted molar refractivity (Wildman–Crippen MR) is 210 cm³/mol. The maximum atomic E-state index is 6.23. The molecule has 2 aliphatic carbocycles. The van der Waals surface area contributed by atoms with E-state index in [0.29, 0.717) is 12.2 Å². The van der Waals surface area contributed by atoms with Gasteiger partial charge in [-0.25, -0.2) is 0 Å². The molecule has 2 heterocycles. The van der Waals surface area contributed by atoms with Crippen molar-refractivity contribution in [1.82, 2.24) is 10.2 Å². The van der Waals surface area contributed by atoms with Gasteiger partial charge in [0.2, 0.25) is 0 Å². The quantitative estimate of drug-likeness (QED) is 0.229. The lowest BCUT2D eigenvalue weighted by atomic mass is 9.93. The summed E-state index contributed by atoms with van der Waals surface area (Å²) in [5.74, 6) is 1.90. The van der Waals surface area contributed by atoms with Gasteiger partial charge in [-0.1, -0.05) is 84.3 Å². The molecule has 1 N–H and O–H groups in total. The molecule has 4 aliphatic rings. The van der Waals surface area contributed by atoms with Crippen molar-refractivity contribution in [2.45, 2.75) is 127 Å². The van der Waals surface area contributed by atoms with Crippen molar-refractivity contribution in [2.75, 3.05) is 51.3 Å². The number of likely N-dealkylation sites (tertiary alicyclic amines) is 1. The summed E-state index contributed by atoms with van der Waals surface area (Å²) in [5.41, 5.74) is -0.0544. The Kier molecular flexibility index (Phi) is 20.3. The molecule has 0 unspecified atom stereocenters. The maximum absolute atomic E-state index is 6.23. The lowest BCUT2D eigenvalue weighted by Crippen LogP contribution is -2.47. The first-order valence-corrected chi connectivity index (χ1v) is 20.3. The average molecular weight is 787 g/mol. The van der Waals surface area contributed by atoms with Gasteiger partial charge in [-0.15, -0.1) is 12.4 Å². The van der Waals surface area contributed by atoms with Gasteiger partial charge in [-0.3, -0.25) is 0 Å². The van der Waals surface area contributed by atoms with Crippen LogP contribution in [0.2, 0.25) is 5.02 Å². The summed E-state index contributed by atoms with van der Waals surface area (Å²) in [5, 5.41) is 5.06. The van der Waals surface area contributed by atoms with E-state index in [1.54, 1.807) is 0 Å². The first-order valence-electron chi connectivity index (χ1n) is 18.8. The zero-order valence-corrected chi connectivity index (χ0v) is 33.3. The molecule has 6 nitrogen and oxygen atoms in total. The number of hydrogen-bond donors (Lipinski definition) is 1. The minimum absolute atomic E-state index is 0. The molecule has 0 spiro atoms. The molecule has 0 radical (unpaired) electrons. The van der Waals surface area contributed by atoms with Crippen LogP contribution in [0.25, 0.3) is 0 Å². The smallest absolute Gasteiger partial charge is 0.120 e. The highest BCUT2D eigenvalue weighted by Gasteiger charge is 2.32. The van der Waals surface area contributed by atoms with E-state index in [1.165, 1.54) is 64.2 Å². The Labute approximate surface area is 317 Å². The second-order valence-electron chi connectivity index (χ2n) is 14.4. The van der Waals surface area contributed by atoms with Gasteiger partial charge in [-0.05, 0) is 115 Å². The van der Waals surface area contributed by atoms with Crippen molar-refractivity contribution in [3.05, 3.63) is 59.6 Å². The molecule has 0 amide bonds. The first kappa shape index (κ1) is 42.4. The minimum Gasteiger partial charge on any atom is -0.487 e. The summed E-state index contributed by atoms with van der Waals surface area (Å²) in [6.07, 6.45) is 18.7. The fourth-order valence-electron chi connectivity index (χ4n) is 6.99. The van der Waals surface area contributed by atoms with Crippen LogP contribution >= 0.6 is 39.9 Å². The molecule has 49 heavy (non-hydrogen) atoms. The molecule has 0 aromatic heterocycles. The monoisotopic (exact) mass is 784 g/mol. The van der Waals surface area contributed by atoms with Gasteiger partial charge in [0.05, 0.1) is 25.4 Å². The highest BCUT2D eigenvalue weighted by atomic mass is 79.9. The van der Waals surface area contributed by atoms with E-state index in [1.807, 2.05) is 42.5 Å². The highest BCUT2D eigenvalue weighted by molar-refractivity contribution is 9.09. The third kappa shape index (κ3) is 16.9. The van der Waals surface area contributed by atoms with Crippen molar-refractivity contribution in [1.29, 1.82) is 0 Å². The van der Waals surface area contributed by atoms with Crippen LogP contribution in [0.5, 0.6) is 11.5 Å². The second-order valence-corrected chi connectivity index (χ2v) is 15.6. The van der Waals surface area contributed by atoms with E-state index in [9.17, 15) is 0 Å². The molecule has 2 aliphatic heterocycles. The summed E-state index contributed by atoms with van der Waals surface area (Å²) in [7, 11) is 0. The zero-order chi connectivity index (χ0) is 33.9. The van der Waals surface area contributed by atoms with Crippen molar-refractivity contribution < 1.29 is 18.9 Å². The summed E-state index contributed by atoms with van der Waals surface area (Å²) in [6.45, 7) is 11.5. The first-order chi connectivity index (χ1) is 23.3. The van der Waals surface area contributed by atoms with Crippen LogP contribution in [0.4, 0.5) is 0 Å². The topological polar surface area (TPSA) is 52.2 Å². The molecule has 2 saturated heterocycles. The van der Waals surface area contributed by atoms with Crippen LogP contribution in [-0.2, 0) is 9.47 Å². The lowest BCUT2D eigenvalue weighted by molar-refractivity contribution is -0.0120. The van der Waals surface area contributed by atoms with E-state index < -0.39 is 0 Å². The molecule has 0 bridgehead atoms. The Bertz CT molecular complexity index is 1100. The normalized spacial score (nSPS) is 21.1. The molecule has 4 fully saturated rings. The summed E-state index contributed by atoms with van der Waals surface area (Å²) < 4.78 is 23.9. The van der Waals surface area contributed by atoms with Gasteiger partial charge >= 0.3 is 0 Å². The van der Waals surface area contributed by atoms with Crippen LogP contribution in [0.3, 0.4) is 0 Å². The summed E-state index contributed by atoms with van der Waals surface area (Å²) >= 11 is 9.17. The summed E-state index contributed by atoms with van der Waals surface area (Å²) in [6, 6.07) is 17.8. The van der Waals surface area contributed by atoms with Crippen molar-refractivity contribution in [3.8, 4) is 11.5 Å². The number of para-hydroxylation sites is 1. The predicted octanol–water partition coefficient (Wildman–Crippen LogP) is 10.3. The number of hydrogen-bond acceptors (Lipinski definition) is 6. The number of nitrogens with zero attached hydrogens (tertiary/aromatic N) is 1. The van der Waals surface area contributed by atoms with Crippen molar-refractivity contribution in [3.63, 3.8) is 0 Å². The number of benzene rings is 2. The molecule has 9 heteroatoms. The van der Waals surface area contributed by atoms with E-state index in [-0.39, 0.29) is 23.6 Å². The SMILES string of the molecule is BrCCOC1CCCCC1.CC1(Oc2ccc(Cl)cc2)CCNCC1.CC1(Oc2ccccc2)CCN(CCOC2CCCCC2)CC1.Cl. The molecular weight excluding hydrogens is 723 g/mol. The Hall–Kier alpha value is -1.06. The van der Waals surface area contributed by atoms with E-state index in [0.717, 1.165) is 93.5 Å². The van der Waals surface area contributed by atoms with E-state index in [4.69, 9.17) is 30.5 Å². The molecule has 2 aromatic rings. The van der Waals surface area contributed by atoms with Crippen molar-refractivity contribution >= 4 is 39.9 Å². The lowest BCUT2D eigenvalue weighted by Gasteiger charge is -2.39. The van der Waals surface area contributed by atoms with Crippen LogP contribution in [0, 0.1) is 0 Å². The van der Waals surface area contributed by atoms with Crippen LogP contribution in [-0.4, -0.2) is 79.6 Å². The number of halogens is 3. The fourth-order valence-corrected chi connectivity index (χ4v) is 7.31. The van der Waals surface area contributed by atoms with E-state index >= 15 is 0 Å². The summed E-state index contributed by atoms with van der Waals surface area (Å²) in [4.78, 5) is 2.53. The largest absolute Gasteiger partial charge is 0.487 e. The van der Waals surface area contributed by atoms with E-state index in [2.05, 4.69) is 52.1 Å². The number of alkyl halides is 1. The number of rotatable bonds is 11. The Morgan fingerprint density at radius 3 is 1.71 bits per heavy atom. The molecule has 0 atom stereocenters. The number of nitrogens with one attached hydrogen (secondary N) is 1. The fraction of sp³-hybridized carbons (Fsp3) is 0.700. The Morgan fingerprint density at radius 1 is 0.694 bits per heavy atom. The van der Waals surface area contributed by atoms with Crippen molar-refractivity contribution in [2.24, 2.45) is 0 Å². The highest BCUT2D eigenvalue weighted by Crippen LogP contribution is 2.29. The van der Waals surface area contributed by atoms with Crippen LogP contribution in [0.15, 0.2) is 54.6 Å². The molecule has 278 valence electrons. The second kappa shape index (κ2) is 23.5. The number of ether oxygens (including phenoxy) is 4. The molecule has 2 aromatic carbocycles. The van der Waals surface area contributed by atoms with Gasteiger partial charge in [0.15, 0.2) is 0 Å². The van der Waals surface area contributed by atoms with Gasteiger partial charge < -0.3 is 29.2 Å². The maximum Gasteiger partial charge on any atom is 0.120 e. The number of piperidine rings is 2. The van der Waals surface area contributed by atoms with Gasteiger partial charge in [-0.2, -0.15) is 0 Å². The minimum atomic E-state index is -0.0287. The Morgan fingerprint density at radius 2 is 1.18 bits per heavy atom. The van der Waals surface area contributed by atoms with Gasteiger partial charge in [0.1, 0.15) is 22.7 Å².